The number of aliphatic hydroxyl groups is 1. The summed E-state index contributed by atoms with van der Waals surface area (Å²) < 4.78 is 0. The fraction of sp³-hybridized carbons (Fsp3) is 0.727. The Morgan fingerprint density at radius 3 is 2.07 bits per heavy atom. The minimum absolute atomic E-state index is 0.0910. The van der Waals surface area contributed by atoms with Gasteiger partial charge in [0, 0.05) is 0 Å². The molecule has 0 aromatic rings. The number of hydrogen-bond acceptors (Lipinski definition) is 4. The number of rotatable bonds is 2. The molecule has 2 aliphatic carbocycles. The first kappa shape index (κ1) is 10.5. The van der Waals surface area contributed by atoms with Gasteiger partial charge in [0.2, 0.25) is 0 Å². The average Bonchev–Trinajstić information content (AvgIpc) is 2.69. The zero-order chi connectivity index (χ0) is 11.6. The number of Topliss-reactive ketones (excluding diaryl/α,β-unsaturated/α-hetero) is 3. The number of carbonyl (C=O) groups is 3. The molecule has 2 fully saturated rings. The van der Waals surface area contributed by atoms with Gasteiger partial charge >= 0.3 is 0 Å². The van der Waals surface area contributed by atoms with Gasteiger partial charge in [-0.15, -0.1) is 0 Å². The van der Waals surface area contributed by atoms with Gasteiger partial charge in [-0.25, -0.2) is 0 Å². The van der Waals surface area contributed by atoms with E-state index in [1.165, 1.54) is 20.8 Å². The summed E-state index contributed by atoms with van der Waals surface area (Å²) in [5.41, 5.74) is -3.63. The van der Waals surface area contributed by atoms with Crippen molar-refractivity contribution >= 4 is 17.3 Å². The van der Waals surface area contributed by atoms with Crippen molar-refractivity contribution in [3.05, 3.63) is 0 Å². The summed E-state index contributed by atoms with van der Waals surface area (Å²) in [5, 5.41) is 9.84. The monoisotopic (exact) mass is 210 g/mol. The van der Waals surface area contributed by atoms with E-state index in [-0.39, 0.29) is 18.0 Å². The lowest BCUT2D eigenvalue weighted by molar-refractivity contribution is -0.142. The van der Waals surface area contributed by atoms with Crippen molar-refractivity contribution in [2.45, 2.75) is 39.2 Å². The number of hydrogen-bond donors (Lipinski definition) is 1. The summed E-state index contributed by atoms with van der Waals surface area (Å²) in [5.74, 6) is -0.929. The molecule has 82 valence electrons. The van der Waals surface area contributed by atoms with Gasteiger partial charge in [0.15, 0.2) is 5.78 Å². The Morgan fingerprint density at radius 1 is 1.20 bits per heavy atom. The average molecular weight is 210 g/mol. The molecule has 3 atom stereocenters. The van der Waals surface area contributed by atoms with E-state index in [9.17, 15) is 19.5 Å². The van der Waals surface area contributed by atoms with Crippen LogP contribution in [0.4, 0.5) is 0 Å². The van der Waals surface area contributed by atoms with Crippen LogP contribution in [0.5, 0.6) is 0 Å². The van der Waals surface area contributed by atoms with E-state index in [0.717, 1.165) is 0 Å². The molecule has 0 spiro atoms. The third kappa shape index (κ3) is 0.886. The van der Waals surface area contributed by atoms with Gasteiger partial charge in [0.1, 0.15) is 22.6 Å². The smallest absolute Gasteiger partial charge is 0.178 e. The summed E-state index contributed by atoms with van der Waals surface area (Å²) >= 11 is 0. The van der Waals surface area contributed by atoms with Gasteiger partial charge in [0.25, 0.3) is 0 Å². The lowest BCUT2D eigenvalue weighted by Crippen LogP contribution is -2.38. The van der Waals surface area contributed by atoms with Crippen molar-refractivity contribution in [3.63, 3.8) is 0 Å². The van der Waals surface area contributed by atoms with Crippen molar-refractivity contribution in [2.24, 2.45) is 10.8 Å². The molecule has 0 bridgehead atoms. The number of fused-ring (bicyclic) bond motifs is 1. The molecule has 0 unspecified atom stereocenters. The third-order valence-electron chi connectivity index (χ3n) is 4.06. The van der Waals surface area contributed by atoms with Crippen LogP contribution < -0.4 is 0 Å². The van der Waals surface area contributed by atoms with Crippen LogP contribution in [0.25, 0.3) is 0 Å². The molecule has 2 aliphatic rings. The Balaban J connectivity index is 2.54. The first-order valence-electron chi connectivity index (χ1n) is 5.00. The first-order chi connectivity index (χ1) is 6.71. The van der Waals surface area contributed by atoms with E-state index in [4.69, 9.17) is 0 Å². The fourth-order valence-electron chi connectivity index (χ4n) is 3.22. The van der Waals surface area contributed by atoms with E-state index in [2.05, 4.69) is 0 Å². The molecule has 0 aromatic carbocycles. The molecule has 2 saturated carbocycles. The lowest BCUT2D eigenvalue weighted by atomic mass is 9.89. The van der Waals surface area contributed by atoms with E-state index < -0.39 is 22.2 Å². The van der Waals surface area contributed by atoms with E-state index in [1.54, 1.807) is 0 Å². The molecule has 4 heteroatoms. The molecular formula is C11H14O4. The Morgan fingerprint density at radius 2 is 1.73 bits per heavy atom. The maximum Gasteiger partial charge on any atom is 0.178 e. The normalized spacial score (nSPS) is 47.6. The second kappa shape index (κ2) is 2.38. The highest BCUT2D eigenvalue weighted by Gasteiger charge is 2.84. The highest BCUT2D eigenvalue weighted by molar-refractivity contribution is 6.21. The van der Waals surface area contributed by atoms with Crippen LogP contribution in [-0.2, 0) is 14.4 Å². The summed E-state index contributed by atoms with van der Waals surface area (Å²) in [6, 6.07) is 0. The molecule has 0 aromatic heterocycles. The van der Waals surface area contributed by atoms with Crippen molar-refractivity contribution < 1.29 is 19.5 Å². The second-order valence-electron chi connectivity index (χ2n) is 5.06. The largest absolute Gasteiger partial charge is 0.382 e. The third-order valence-corrected chi connectivity index (χ3v) is 4.06. The SMILES string of the molecule is CC(=O)[C@]12C[C@@]1(C(C)=O)C(=O)[C@](C)(O)C2. The highest BCUT2D eigenvalue weighted by atomic mass is 16.3. The number of ketones is 3. The Hall–Kier alpha value is -1.03. The molecule has 0 amide bonds. The van der Waals surface area contributed by atoms with Gasteiger partial charge in [-0.2, -0.15) is 0 Å². The van der Waals surface area contributed by atoms with Crippen molar-refractivity contribution in [3.8, 4) is 0 Å². The topological polar surface area (TPSA) is 71.4 Å². The minimum atomic E-state index is -1.52. The second-order valence-corrected chi connectivity index (χ2v) is 5.06. The minimum Gasteiger partial charge on any atom is -0.382 e. The molecule has 0 aliphatic heterocycles. The molecule has 0 saturated heterocycles. The summed E-state index contributed by atoms with van der Waals surface area (Å²) in [4.78, 5) is 35.0. The lowest BCUT2D eigenvalue weighted by Gasteiger charge is -2.18. The van der Waals surface area contributed by atoms with Gasteiger partial charge < -0.3 is 5.11 Å². The summed E-state index contributed by atoms with van der Waals surface area (Å²) in [6.07, 6.45) is 0.382. The molecule has 15 heavy (non-hydrogen) atoms. The predicted molar refractivity (Wildman–Crippen MR) is 51.1 cm³/mol. The first-order valence-corrected chi connectivity index (χ1v) is 5.00. The van der Waals surface area contributed by atoms with Crippen molar-refractivity contribution in [1.82, 2.24) is 0 Å². The standard InChI is InChI=1S/C11H14O4/c1-6(12)10-4-9(3,15)8(14)11(10,5-10)7(2)13/h15H,4-5H2,1-3H3/t9-,10+,11-/m1/s1. The van der Waals surface area contributed by atoms with Crippen LogP contribution in [0.2, 0.25) is 0 Å². The van der Waals surface area contributed by atoms with Gasteiger partial charge in [-0.3, -0.25) is 14.4 Å². The molecule has 2 rings (SSSR count). The molecule has 4 nitrogen and oxygen atoms in total. The Bertz CT molecular complexity index is 395. The molecule has 0 heterocycles. The van der Waals surface area contributed by atoms with E-state index in [1.807, 2.05) is 0 Å². The molecular weight excluding hydrogens is 196 g/mol. The van der Waals surface area contributed by atoms with E-state index in [0.29, 0.717) is 6.42 Å². The van der Waals surface area contributed by atoms with Gasteiger partial charge in [-0.05, 0) is 33.6 Å². The molecule has 0 radical (unpaired) electrons. The van der Waals surface area contributed by atoms with Gasteiger partial charge in [-0.1, -0.05) is 0 Å². The Labute approximate surface area is 87.7 Å². The van der Waals surface area contributed by atoms with Crippen LogP contribution in [0.15, 0.2) is 0 Å². The maximum atomic E-state index is 11.9. The summed E-state index contributed by atoms with van der Waals surface area (Å²) in [7, 11) is 0. The van der Waals surface area contributed by atoms with Crippen molar-refractivity contribution in [2.75, 3.05) is 0 Å². The predicted octanol–water partition coefficient (Wildman–Crippen LogP) is 0.265. The fourth-order valence-corrected chi connectivity index (χ4v) is 3.22. The van der Waals surface area contributed by atoms with Gasteiger partial charge in [0.05, 0.1) is 5.41 Å². The quantitative estimate of drug-likeness (QED) is 0.664. The zero-order valence-electron chi connectivity index (χ0n) is 9.09. The molecule has 1 N–H and O–H groups in total. The number of carbonyl (C=O) groups excluding carboxylic acids is 3. The van der Waals surface area contributed by atoms with Crippen LogP contribution in [0.1, 0.15) is 33.6 Å². The van der Waals surface area contributed by atoms with Crippen LogP contribution in [0, 0.1) is 10.8 Å². The highest BCUT2D eigenvalue weighted by Crippen LogP contribution is 2.74. The Kier molecular flexibility index (Phi) is 1.66. The maximum absolute atomic E-state index is 11.9. The van der Waals surface area contributed by atoms with Crippen LogP contribution in [-0.4, -0.2) is 28.1 Å². The zero-order valence-corrected chi connectivity index (χ0v) is 9.09. The summed E-state index contributed by atoms with van der Waals surface area (Å²) in [6.45, 7) is 4.10. The van der Waals surface area contributed by atoms with Crippen molar-refractivity contribution in [1.29, 1.82) is 0 Å². The van der Waals surface area contributed by atoms with Crippen LogP contribution >= 0.6 is 0 Å². The van der Waals surface area contributed by atoms with E-state index >= 15 is 0 Å². The van der Waals surface area contributed by atoms with Crippen LogP contribution in [0.3, 0.4) is 0 Å².